The number of benzene rings is 3. The van der Waals surface area contributed by atoms with Crippen molar-refractivity contribution in [2.75, 3.05) is 4.90 Å². The van der Waals surface area contributed by atoms with E-state index in [2.05, 4.69) is 29.6 Å². The quantitative estimate of drug-likeness (QED) is 0.105. The topological polar surface area (TPSA) is 189 Å². The molecule has 1 aromatic heterocycles. The van der Waals surface area contributed by atoms with Crippen LogP contribution in [0.1, 0.15) is 98.6 Å². The number of carbonyl (C=O) groups is 5. The molecule has 0 bridgehead atoms. The molecule has 7 rings (SSSR count). The first kappa shape index (κ1) is 40.8. The minimum atomic E-state index is -0.704. The Bertz CT molecular complexity index is 2280. The van der Waals surface area contributed by atoms with Gasteiger partial charge in [-0.3, -0.25) is 43.3 Å². The Morgan fingerprint density at radius 3 is 2.38 bits per heavy atom. The average Bonchev–Trinajstić information content (AvgIpc) is 3.68. The maximum Gasteiger partial charge on any atom is 0.329 e. The van der Waals surface area contributed by atoms with E-state index in [1.807, 2.05) is 43.3 Å². The Hall–Kier alpha value is -5.40. The van der Waals surface area contributed by atoms with Crippen LogP contribution in [0.3, 0.4) is 0 Å². The van der Waals surface area contributed by atoms with Gasteiger partial charge in [0.15, 0.2) is 5.78 Å². The number of rotatable bonds is 17. The third kappa shape index (κ3) is 8.56. The van der Waals surface area contributed by atoms with Crippen LogP contribution in [0.4, 0.5) is 5.69 Å². The number of para-hydroxylation sites is 2. The predicted molar refractivity (Wildman–Crippen MR) is 220 cm³/mol. The molecule has 3 aliphatic heterocycles. The number of aryl methyl sites for hydroxylation is 4. The van der Waals surface area contributed by atoms with Crippen molar-refractivity contribution in [3.05, 3.63) is 99.0 Å². The first-order valence-corrected chi connectivity index (χ1v) is 20.6. The number of aromatic nitrogens is 2. The van der Waals surface area contributed by atoms with Crippen molar-refractivity contribution in [2.45, 2.75) is 121 Å². The Labute approximate surface area is 338 Å². The van der Waals surface area contributed by atoms with E-state index in [9.17, 15) is 28.8 Å². The molecule has 1 fully saturated rings. The van der Waals surface area contributed by atoms with Crippen molar-refractivity contribution < 1.29 is 28.7 Å². The first-order valence-electron chi connectivity index (χ1n) is 20.6. The molecule has 58 heavy (non-hydrogen) atoms. The highest BCUT2D eigenvalue weighted by molar-refractivity contribution is 6.07. The van der Waals surface area contributed by atoms with Gasteiger partial charge in [-0.25, -0.2) is 4.79 Å². The maximum atomic E-state index is 14.0. The smallest absolute Gasteiger partial charge is 0.329 e. The van der Waals surface area contributed by atoms with E-state index in [0.29, 0.717) is 44.2 Å². The predicted octanol–water partition coefficient (Wildman–Crippen LogP) is 4.25. The molecule has 13 heteroatoms. The van der Waals surface area contributed by atoms with Crippen molar-refractivity contribution in [3.8, 4) is 0 Å². The van der Waals surface area contributed by atoms with Crippen LogP contribution in [-0.4, -0.2) is 56.7 Å². The van der Waals surface area contributed by atoms with Gasteiger partial charge in [-0.05, 0) is 98.1 Å². The molecule has 306 valence electrons. The first-order chi connectivity index (χ1) is 27.9. The number of hydrogen-bond donors (Lipinski definition) is 3. The largest absolute Gasteiger partial charge is 0.374 e. The number of nitrogens with zero attached hydrogens (tertiary/aromatic N) is 3. The number of hydrogen-bond acceptors (Lipinski definition) is 8. The molecule has 5 N–H and O–H groups in total. The molecule has 3 aromatic carbocycles. The highest BCUT2D eigenvalue weighted by Crippen LogP contribution is 2.40. The fourth-order valence-electron chi connectivity index (χ4n) is 9.07. The molecule has 4 amide bonds. The molecule has 1 saturated heterocycles. The van der Waals surface area contributed by atoms with E-state index < -0.39 is 29.9 Å². The zero-order valence-electron chi connectivity index (χ0n) is 33.4. The third-order valence-electron chi connectivity index (χ3n) is 12.4. The maximum absolute atomic E-state index is 14.0. The molecule has 1 unspecified atom stereocenters. The third-order valence-corrected chi connectivity index (χ3v) is 12.4. The summed E-state index contributed by atoms with van der Waals surface area (Å²) in [5.74, 6) is -1.72. The SMILES string of the molecule is C[C@@H](OCc1ccc(CCCCCc2cccc3c2n(C)c(=O)n3C2CCC(=O)NC2=O)cc1)[C@H](CCC(N)=O)CC(=O)[C@@H]1Cc2cccc3c2N1C(=O)[C@@H](N)CC3. The molecule has 0 aliphatic carbocycles. The Morgan fingerprint density at radius 1 is 0.897 bits per heavy atom. The molecular formula is C45H54N6O7. The summed E-state index contributed by atoms with van der Waals surface area (Å²) < 4.78 is 9.45. The van der Waals surface area contributed by atoms with Crippen molar-refractivity contribution in [1.29, 1.82) is 0 Å². The lowest BCUT2D eigenvalue weighted by molar-refractivity contribution is -0.135. The lowest BCUT2D eigenvalue weighted by Crippen LogP contribution is -2.50. The van der Waals surface area contributed by atoms with Gasteiger partial charge in [0.05, 0.1) is 41.5 Å². The number of anilines is 1. The van der Waals surface area contributed by atoms with Crippen molar-refractivity contribution in [2.24, 2.45) is 24.4 Å². The highest BCUT2D eigenvalue weighted by Gasteiger charge is 2.43. The van der Waals surface area contributed by atoms with Crippen LogP contribution in [-0.2, 0) is 68.0 Å². The second-order valence-electron chi connectivity index (χ2n) is 16.3. The van der Waals surface area contributed by atoms with Gasteiger partial charge in [-0.2, -0.15) is 0 Å². The van der Waals surface area contributed by atoms with Gasteiger partial charge in [0.1, 0.15) is 6.04 Å². The number of fused-ring (bicyclic) bond motifs is 1. The summed E-state index contributed by atoms with van der Waals surface area (Å²) in [6.45, 7) is 2.27. The summed E-state index contributed by atoms with van der Waals surface area (Å²) in [5.41, 5.74) is 19.2. The number of carbonyl (C=O) groups excluding carboxylic acids is 5. The van der Waals surface area contributed by atoms with E-state index in [1.165, 1.54) is 10.1 Å². The number of ether oxygens (including phenoxy) is 1. The summed E-state index contributed by atoms with van der Waals surface area (Å²) in [5, 5.41) is 2.37. The average molecular weight is 791 g/mol. The van der Waals surface area contributed by atoms with Crippen LogP contribution in [0.25, 0.3) is 11.0 Å². The van der Waals surface area contributed by atoms with Crippen LogP contribution in [0, 0.1) is 5.92 Å². The molecule has 5 atom stereocenters. The summed E-state index contributed by atoms with van der Waals surface area (Å²) in [7, 11) is 1.73. The van der Waals surface area contributed by atoms with Crippen LogP contribution < -0.4 is 27.4 Å². The zero-order valence-corrected chi connectivity index (χ0v) is 33.4. The molecule has 4 aromatic rings. The molecular weight excluding hydrogens is 737 g/mol. The van der Waals surface area contributed by atoms with E-state index in [0.717, 1.165) is 65.6 Å². The number of primary amides is 1. The Morgan fingerprint density at radius 2 is 1.62 bits per heavy atom. The van der Waals surface area contributed by atoms with Crippen molar-refractivity contribution in [1.82, 2.24) is 14.5 Å². The number of Topliss-reactive ketones (excluding diaryl/α,β-unsaturated/α-hetero) is 1. The number of unbranched alkanes of at least 4 members (excludes halogenated alkanes) is 2. The molecule has 0 radical (unpaired) electrons. The number of nitrogens with one attached hydrogen (secondary N) is 1. The second kappa shape index (κ2) is 17.6. The number of nitrogens with two attached hydrogens (primary N) is 2. The van der Waals surface area contributed by atoms with Crippen LogP contribution in [0.2, 0.25) is 0 Å². The normalized spacial score (nSPS) is 20.2. The number of imide groups is 1. The summed E-state index contributed by atoms with van der Waals surface area (Å²) >= 11 is 0. The van der Waals surface area contributed by atoms with E-state index in [-0.39, 0.29) is 54.6 Å². The monoisotopic (exact) mass is 790 g/mol. The highest BCUT2D eigenvalue weighted by atomic mass is 16.5. The molecule has 4 heterocycles. The minimum absolute atomic E-state index is 0.0644. The second-order valence-corrected chi connectivity index (χ2v) is 16.3. The lowest BCUT2D eigenvalue weighted by atomic mass is 9.89. The molecule has 0 spiro atoms. The molecule has 3 aliphatic rings. The summed E-state index contributed by atoms with van der Waals surface area (Å²) in [6.07, 6.45) is 7.20. The zero-order chi connectivity index (χ0) is 41.1. The lowest BCUT2D eigenvalue weighted by Gasteiger charge is -2.29. The van der Waals surface area contributed by atoms with Crippen LogP contribution in [0.5, 0.6) is 0 Å². The van der Waals surface area contributed by atoms with E-state index >= 15 is 0 Å². The van der Waals surface area contributed by atoms with Gasteiger partial charge in [-0.1, -0.05) is 61.0 Å². The Balaban J connectivity index is 0.903. The number of imidazole rings is 1. The van der Waals surface area contributed by atoms with Gasteiger partial charge < -0.3 is 16.2 Å². The fourth-order valence-corrected chi connectivity index (χ4v) is 9.07. The van der Waals surface area contributed by atoms with Crippen molar-refractivity contribution >= 4 is 46.1 Å². The summed E-state index contributed by atoms with van der Waals surface area (Å²) in [4.78, 5) is 78.4. The molecule has 0 saturated carbocycles. The minimum Gasteiger partial charge on any atom is -0.374 e. The number of ketones is 1. The Kier molecular flexibility index (Phi) is 12.4. The van der Waals surface area contributed by atoms with Crippen LogP contribution in [0.15, 0.2) is 65.5 Å². The van der Waals surface area contributed by atoms with E-state index in [4.69, 9.17) is 16.2 Å². The van der Waals surface area contributed by atoms with Crippen LogP contribution >= 0.6 is 0 Å². The van der Waals surface area contributed by atoms with Gasteiger partial charge in [-0.15, -0.1) is 0 Å². The fraction of sp³-hybridized carbons (Fsp3) is 0.467. The summed E-state index contributed by atoms with van der Waals surface area (Å²) in [6, 6.07) is 18.1. The number of amides is 4. The molecule has 13 nitrogen and oxygen atoms in total. The van der Waals surface area contributed by atoms with E-state index in [1.54, 1.807) is 16.5 Å². The van der Waals surface area contributed by atoms with Gasteiger partial charge in [0.25, 0.3) is 0 Å². The van der Waals surface area contributed by atoms with Gasteiger partial charge in [0, 0.05) is 32.7 Å². The standard InChI is InChI=1S/C45H54N6O7/c1-27(32(19-22-39(47)53)25-38(52)37-24-33-12-6-10-31-18-20-34(46)44(56)51(37)41(31)33)58-26-29-16-14-28(15-17-29)8-4-3-5-9-30-11-7-13-35-42(30)49(2)45(57)50(35)36-21-23-40(54)48-43(36)55/h6-7,10-17,27,32,34,36-37H,3-5,8-9,18-26,46H2,1-2H3,(H2,47,53)(H,48,54,55)/t27-,32-,34+,36?,37+/m1/s1. The van der Waals surface area contributed by atoms with Crippen molar-refractivity contribution in [3.63, 3.8) is 0 Å². The van der Waals surface area contributed by atoms with Gasteiger partial charge >= 0.3 is 5.69 Å². The number of piperidine rings is 1. The van der Waals surface area contributed by atoms with Gasteiger partial charge in [0.2, 0.25) is 23.6 Å².